The number of halogens is 1. The zero-order valence-corrected chi connectivity index (χ0v) is 17.1. The van der Waals surface area contributed by atoms with Crippen LogP contribution >= 0.6 is 11.9 Å². The van der Waals surface area contributed by atoms with E-state index in [2.05, 4.69) is 19.8 Å². The molecule has 1 atom stereocenters. The summed E-state index contributed by atoms with van der Waals surface area (Å²) in [5.41, 5.74) is -0.0805. The highest BCUT2D eigenvalue weighted by molar-refractivity contribution is 7.97. The zero-order chi connectivity index (χ0) is 20.7. The zero-order valence-electron chi connectivity index (χ0n) is 16.3. The number of alkyl halides is 1. The van der Waals surface area contributed by atoms with Crippen LogP contribution < -0.4 is 10.0 Å². The molecular weight excluding hydrogens is 381 g/mol. The third-order valence-electron chi connectivity index (χ3n) is 3.89. The minimum Gasteiger partial charge on any atom is -0.465 e. The van der Waals surface area contributed by atoms with Crippen LogP contribution in [0, 0.1) is 0 Å². The van der Waals surface area contributed by atoms with Gasteiger partial charge in [-0.1, -0.05) is 37.9 Å². The maximum Gasteiger partial charge on any atom is 0.339 e. The summed E-state index contributed by atoms with van der Waals surface area (Å²) in [5.74, 6) is -0.951. The number of pyridine rings is 1. The Morgan fingerprint density at radius 2 is 1.89 bits per heavy atom. The summed E-state index contributed by atoms with van der Waals surface area (Å²) in [6.07, 6.45) is 1.28. The van der Waals surface area contributed by atoms with E-state index in [0.29, 0.717) is 16.5 Å². The highest BCUT2D eigenvalue weighted by atomic mass is 32.2. The predicted octanol–water partition coefficient (Wildman–Crippen LogP) is 3.95. The summed E-state index contributed by atoms with van der Waals surface area (Å²) in [6, 6.07) is 9.48. The molecule has 1 amide bonds. The predicted molar refractivity (Wildman–Crippen MR) is 109 cm³/mol. The van der Waals surface area contributed by atoms with E-state index < -0.39 is 17.5 Å². The second-order valence-corrected chi connectivity index (χ2v) is 8.11. The molecule has 28 heavy (non-hydrogen) atoms. The quantitative estimate of drug-likeness (QED) is 0.511. The summed E-state index contributed by atoms with van der Waals surface area (Å²) < 4.78 is 22.5. The molecule has 0 saturated heterocycles. The second-order valence-electron chi connectivity index (χ2n) is 6.64. The molecule has 2 N–H and O–H groups in total. The Balaban J connectivity index is 1.99. The van der Waals surface area contributed by atoms with Crippen molar-refractivity contribution >= 4 is 29.5 Å². The lowest BCUT2D eigenvalue weighted by molar-refractivity contribution is 0.0600. The molecule has 150 valence electrons. The summed E-state index contributed by atoms with van der Waals surface area (Å²) in [4.78, 5) is 27.6. The summed E-state index contributed by atoms with van der Waals surface area (Å²) in [5, 5.41) is 3.06. The fraction of sp³-hybridized carbons (Fsp3) is 0.350. The number of aromatic nitrogens is 1. The molecule has 8 heteroatoms. The molecule has 2 aromatic rings. The summed E-state index contributed by atoms with van der Waals surface area (Å²) >= 11 is 1.48. The molecule has 0 aliphatic heterocycles. The van der Waals surface area contributed by atoms with Crippen molar-refractivity contribution < 1.29 is 18.7 Å². The van der Waals surface area contributed by atoms with E-state index >= 15 is 0 Å². The topological polar surface area (TPSA) is 80.3 Å². The van der Waals surface area contributed by atoms with Crippen LogP contribution in [-0.2, 0) is 10.4 Å². The lowest BCUT2D eigenvalue weighted by Crippen LogP contribution is -2.29. The third-order valence-corrected chi connectivity index (χ3v) is 4.67. The van der Waals surface area contributed by atoms with Gasteiger partial charge in [0.25, 0.3) is 5.91 Å². The van der Waals surface area contributed by atoms with Gasteiger partial charge in [-0.05, 0) is 36.8 Å². The van der Waals surface area contributed by atoms with Gasteiger partial charge >= 0.3 is 5.97 Å². The van der Waals surface area contributed by atoms with E-state index in [1.165, 1.54) is 44.3 Å². The molecule has 1 heterocycles. The first-order valence-electron chi connectivity index (χ1n) is 8.76. The molecule has 0 fully saturated rings. The number of hydrogen-bond donors (Lipinski definition) is 2. The van der Waals surface area contributed by atoms with E-state index in [1.54, 1.807) is 24.3 Å². The highest BCUT2D eigenvalue weighted by Crippen LogP contribution is 2.27. The van der Waals surface area contributed by atoms with Gasteiger partial charge in [0.2, 0.25) is 0 Å². The van der Waals surface area contributed by atoms with Gasteiger partial charge in [-0.15, -0.1) is 0 Å². The molecule has 2 rings (SSSR count). The van der Waals surface area contributed by atoms with Crippen LogP contribution in [0.1, 0.15) is 47.2 Å². The number of esters is 1. The number of nitrogens with zero attached hydrogens (tertiary/aromatic N) is 1. The first kappa shape index (κ1) is 21.8. The Morgan fingerprint density at radius 1 is 1.21 bits per heavy atom. The number of carbonyl (C=O) groups is 2. The van der Waals surface area contributed by atoms with Gasteiger partial charge in [-0.25, -0.2) is 9.18 Å². The van der Waals surface area contributed by atoms with Crippen LogP contribution in [0.15, 0.2) is 42.6 Å². The number of methoxy groups -OCH3 is 1. The molecule has 0 spiro atoms. The van der Waals surface area contributed by atoms with Crippen LogP contribution in [0.5, 0.6) is 0 Å². The number of hydrogen-bond acceptors (Lipinski definition) is 6. The molecule has 0 saturated carbocycles. The average molecular weight is 405 g/mol. The van der Waals surface area contributed by atoms with Gasteiger partial charge < -0.3 is 10.1 Å². The summed E-state index contributed by atoms with van der Waals surface area (Å²) in [6.45, 7) is 5.75. The normalized spacial score (nSPS) is 13.1. The molecule has 6 nitrogen and oxygen atoms in total. The number of anilines is 1. The van der Waals surface area contributed by atoms with Gasteiger partial charge in [0, 0.05) is 23.7 Å². The van der Waals surface area contributed by atoms with E-state index in [-0.39, 0.29) is 17.8 Å². The Labute approximate surface area is 168 Å². The van der Waals surface area contributed by atoms with Gasteiger partial charge in [-0.3, -0.25) is 14.5 Å². The largest absolute Gasteiger partial charge is 0.465 e. The van der Waals surface area contributed by atoms with Crippen molar-refractivity contribution in [3.8, 4) is 0 Å². The molecular formula is C20H24FN3O3S. The van der Waals surface area contributed by atoms with Crippen LogP contribution in [0.3, 0.4) is 0 Å². The number of ether oxygens (including phenoxy) is 1. The minimum absolute atomic E-state index is 0.155. The maximum atomic E-state index is 14.9. The number of amides is 1. The van der Waals surface area contributed by atoms with Gasteiger partial charge in [0.1, 0.15) is 11.4 Å². The number of benzene rings is 1. The SMILES string of the molecule is COC(=O)c1ccc(C(=O)Nc2ccc(C(C)(F)CNSC(C)C)cc2)nc1. The highest BCUT2D eigenvalue weighted by Gasteiger charge is 2.25. The average Bonchev–Trinajstić information content (AvgIpc) is 2.67. The molecule has 1 aromatic carbocycles. The van der Waals surface area contributed by atoms with E-state index in [0.717, 1.165) is 0 Å². The number of rotatable bonds is 8. The Kier molecular flexibility index (Phi) is 7.53. The maximum absolute atomic E-state index is 14.9. The molecule has 0 bridgehead atoms. The number of nitrogens with one attached hydrogen (secondary N) is 2. The van der Waals surface area contributed by atoms with Crippen LogP contribution in [0.4, 0.5) is 10.1 Å². The lowest BCUT2D eigenvalue weighted by atomic mass is 9.98. The smallest absolute Gasteiger partial charge is 0.339 e. The summed E-state index contributed by atoms with van der Waals surface area (Å²) in [7, 11) is 1.27. The second kappa shape index (κ2) is 9.66. The minimum atomic E-state index is -1.53. The first-order chi connectivity index (χ1) is 13.2. The molecule has 0 aliphatic rings. The van der Waals surface area contributed by atoms with Crippen molar-refractivity contribution in [3.63, 3.8) is 0 Å². The van der Waals surface area contributed by atoms with Crippen molar-refractivity contribution in [1.82, 2.24) is 9.71 Å². The Bertz CT molecular complexity index is 808. The van der Waals surface area contributed by atoms with Crippen LogP contribution in [0.2, 0.25) is 0 Å². The standard InChI is InChI=1S/C20H24FN3O3S/c1-13(2)28-23-12-20(3,21)15-6-8-16(9-7-15)24-18(25)17-10-5-14(11-22-17)19(26)27-4/h5-11,13,23H,12H2,1-4H3,(H,24,25). The van der Waals surface area contributed by atoms with Crippen molar-refractivity contribution in [2.45, 2.75) is 31.7 Å². The van der Waals surface area contributed by atoms with Gasteiger partial charge in [0.05, 0.1) is 12.7 Å². The third kappa shape index (κ3) is 6.03. The van der Waals surface area contributed by atoms with E-state index in [9.17, 15) is 14.0 Å². The monoisotopic (exact) mass is 405 g/mol. The van der Waals surface area contributed by atoms with E-state index in [4.69, 9.17) is 0 Å². The van der Waals surface area contributed by atoms with Crippen LogP contribution in [0.25, 0.3) is 0 Å². The molecule has 0 aliphatic carbocycles. The Morgan fingerprint density at radius 3 is 2.43 bits per heavy atom. The van der Waals surface area contributed by atoms with E-state index in [1.807, 2.05) is 13.8 Å². The van der Waals surface area contributed by atoms with Gasteiger partial charge in [-0.2, -0.15) is 0 Å². The van der Waals surface area contributed by atoms with Gasteiger partial charge in [0.15, 0.2) is 0 Å². The lowest BCUT2D eigenvalue weighted by Gasteiger charge is -2.22. The van der Waals surface area contributed by atoms with Crippen molar-refractivity contribution in [2.75, 3.05) is 19.0 Å². The molecule has 1 unspecified atom stereocenters. The van der Waals surface area contributed by atoms with Crippen LogP contribution in [-0.4, -0.2) is 35.8 Å². The molecule has 1 aromatic heterocycles. The number of carbonyl (C=O) groups excluding carboxylic acids is 2. The van der Waals surface area contributed by atoms with Crippen molar-refractivity contribution in [2.24, 2.45) is 0 Å². The fourth-order valence-electron chi connectivity index (χ4n) is 2.31. The van der Waals surface area contributed by atoms with Crippen molar-refractivity contribution in [1.29, 1.82) is 0 Å². The molecule has 0 radical (unpaired) electrons. The van der Waals surface area contributed by atoms with Crippen molar-refractivity contribution in [3.05, 3.63) is 59.4 Å². The first-order valence-corrected chi connectivity index (χ1v) is 9.64. The fourth-order valence-corrected chi connectivity index (χ4v) is 3.00. The Hall–Kier alpha value is -2.45.